The second-order valence-corrected chi connectivity index (χ2v) is 7.09. The summed E-state index contributed by atoms with van der Waals surface area (Å²) in [5, 5.41) is 2.93. The fourth-order valence-corrected chi connectivity index (χ4v) is 2.68. The Morgan fingerprint density at radius 3 is 2.88 bits per heavy atom. The maximum absolute atomic E-state index is 11.9. The first-order valence-electron chi connectivity index (χ1n) is 8.65. The minimum atomic E-state index is -0.486. The zero-order valence-corrected chi connectivity index (χ0v) is 15.6. The maximum atomic E-state index is 11.9. The SMILES string of the molecule is COCCOCCn1cncc1C1=CCC(NC(=O)OC(C)(C)C)C1. The quantitative estimate of drug-likeness (QED) is 0.729. The number of alkyl carbamates (subject to hydrolysis) is 1. The van der Waals surface area contributed by atoms with E-state index in [1.165, 1.54) is 5.57 Å². The number of nitrogens with zero attached hydrogens (tertiary/aromatic N) is 2. The van der Waals surface area contributed by atoms with E-state index in [0.717, 1.165) is 25.1 Å². The highest BCUT2D eigenvalue weighted by Gasteiger charge is 2.24. The van der Waals surface area contributed by atoms with Crippen LogP contribution in [0.25, 0.3) is 5.57 Å². The van der Waals surface area contributed by atoms with Gasteiger partial charge in [-0.25, -0.2) is 9.78 Å². The first-order chi connectivity index (χ1) is 11.9. The Bertz CT molecular complexity index is 589. The van der Waals surface area contributed by atoms with Gasteiger partial charge in [0.15, 0.2) is 0 Å². The highest BCUT2D eigenvalue weighted by molar-refractivity contribution is 5.71. The van der Waals surface area contributed by atoms with E-state index in [-0.39, 0.29) is 12.1 Å². The van der Waals surface area contributed by atoms with Crippen molar-refractivity contribution in [3.8, 4) is 0 Å². The fraction of sp³-hybridized carbons (Fsp3) is 0.667. The van der Waals surface area contributed by atoms with Gasteiger partial charge in [0.25, 0.3) is 0 Å². The molecule has 25 heavy (non-hydrogen) atoms. The number of hydrogen-bond donors (Lipinski definition) is 1. The predicted molar refractivity (Wildman–Crippen MR) is 95.3 cm³/mol. The Morgan fingerprint density at radius 2 is 2.16 bits per heavy atom. The lowest BCUT2D eigenvalue weighted by atomic mass is 10.1. The normalized spacial score (nSPS) is 17.4. The third-order valence-electron chi connectivity index (χ3n) is 3.79. The zero-order chi connectivity index (χ0) is 18.3. The van der Waals surface area contributed by atoms with Crippen LogP contribution >= 0.6 is 0 Å². The number of hydrogen-bond acceptors (Lipinski definition) is 5. The largest absolute Gasteiger partial charge is 0.444 e. The van der Waals surface area contributed by atoms with Gasteiger partial charge in [-0.1, -0.05) is 6.08 Å². The molecule has 7 nitrogen and oxygen atoms in total. The summed E-state index contributed by atoms with van der Waals surface area (Å²) in [7, 11) is 1.66. The Balaban J connectivity index is 1.81. The van der Waals surface area contributed by atoms with Crippen molar-refractivity contribution in [2.75, 3.05) is 26.9 Å². The molecule has 1 aliphatic rings. The molecule has 1 aromatic heterocycles. The van der Waals surface area contributed by atoms with Crippen LogP contribution in [0.2, 0.25) is 0 Å². The van der Waals surface area contributed by atoms with Crippen LogP contribution in [-0.4, -0.2) is 54.2 Å². The molecular formula is C18H29N3O4. The number of aromatic nitrogens is 2. The van der Waals surface area contributed by atoms with Crippen molar-refractivity contribution in [1.29, 1.82) is 0 Å². The van der Waals surface area contributed by atoms with Gasteiger partial charge in [0.1, 0.15) is 5.60 Å². The lowest BCUT2D eigenvalue weighted by Crippen LogP contribution is -2.38. The molecule has 0 radical (unpaired) electrons. The molecule has 0 spiro atoms. The molecule has 0 bridgehead atoms. The second-order valence-electron chi connectivity index (χ2n) is 7.09. The number of carbonyl (C=O) groups excluding carboxylic acids is 1. The summed E-state index contributed by atoms with van der Waals surface area (Å²) >= 11 is 0. The summed E-state index contributed by atoms with van der Waals surface area (Å²) in [6.07, 6.45) is 7.02. The first-order valence-corrected chi connectivity index (χ1v) is 8.65. The molecule has 1 N–H and O–H groups in total. The van der Waals surface area contributed by atoms with Crippen LogP contribution in [0.4, 0.5) is 4.79 Å². The van der Waals surface area contributed by atoms with Crippen molar-refractivity contribution in [1.82, 2.24) is 14.9 Å². The summed E-state index contributed by atoms with van der Waals surface area (Å²) < 4.78 is 17.9. The van der Waals surface area contributed by atoms with Gasteiger partial charge >= 0.3 is 6.09 Å². The number of amides is 1. The van der Waals surface area contributed by atoms with Crippen LogP contribution in [0.3, 0.4) is 0 Å². The van der Waals surface area contributed by atoms with E-state index >= 15 is 0 Å². The Kier molecular flexibility index (Phi) is 7.01. The average Bonchev–Trinajstić information content (AvgIpc) is 3.13. The van der Waals surface area contributed by atoms with Crippen molar-refractivity contribution in [2.24, 2.45) is 0 Å². The summed E-state index contributed by atoms with van der Waals surface area (Å²) in [6.45, 7) is 8.11. The molecule has 1 aromatic rings. The van der Waals surface area contributed by atoms with Crippen molar-refractivity contribution >= 4 is 11.7 Å². The van der Waals surface area contributed by atoms with Crippen LogP contribution < -0.4 is 5.32 Å². The van der Waals surface area contributed by atoms with Gasteiger partial charge in [0.2, 0.25) is 0 Å². The number of nitrogens with one attached hydrogen (secondary N) is 1. The van der Waals surface area contributed by atoms with Crippen LogP contribution in [0.1, 0.15) is 39.3 Å². The summed E-state index contributed by atoms with van der Waals surface area (Å²) in [5.74, 6) is 0. The molecule has 7 heteroatoms. The zero-order valence-electron chi connectivity index (χ0n) is 15.6. The highest BCUT2D eigenvalue weighted by atomic mass is 16.6. The van der Waals surface area contributed by atoms with E-state index in [0.29, 0.717) is 19.8 Å². The van der Waals surface area contributed by atoms with E-state index in [2.05, 4.69) is 20.9 Å². The lowest BCUT2D eigenvalue weighted by Gasteiger charge is -2.21. The monoisotopic (exact) mass is 351 g/mol. The fourth-order valence-electron chi connectivity index (χ4n) is 2.68. The van der Waals surface area contributed by atoms with Gasteiger partial charge in [0.05, 0.1) is 38.0 Å². The van der Waals surface area contributed by atoms with E-state index in [4.69, 9.17) is 14.2 Å². The Hall–Kier alpha value is -1.86. The minimum absolute atomic E-state index is 0.0613. The summed E-state index contributed by atoms with van der Waals surface area (Å²) in [4.78, 5) is 16.1. The standard InChI is InChI=1S/C18H29N3O4/c1-18(2,3)25-17(22)20-15-6-5-14(11-15)16-12-19-13-21(16)7-8-24-10-9-23-4/h5,12-13,15H,6-11H2,1-4H3,(H,20,22). The summed E-state index contributed by atoms with van der Waals surface area (Å²) in [5.41, 5.74) is 1.78. The smallest absolute Gasteiger partial charge is 0.407 e. The first kappa shape index (κ1) is 19.5. The second kappa shape index (κ2) is 9.01. The Labute approximate surface area is 149 Å². The molecule has 0 aromatic carbocycles. The number of methoxy groups -OCH3 is 1. The molecule has 1 heterocycles. The maximum Gasteiger partial charge on any atom is 0.407 e. The summed E-state index contributed by atoms with van der Waals surface area (Å²) in [6, 6.07) is 0.0613. The third-order valence-corrected chi connectivity index (χ3v) is 3.79. The molecule has 0 saturated heterocycles. The molecule has 0 fully saturated rings. The van der Waals surface area contributed by atoms with Crippen LogP contribution in [0.5, 0.6) is 0 Å². The topological polar surface area (TPSA) is 74.6 Å². The predicted octanol–water partition coefficient (Wildman–Crippen LogP) is 2.62. The molecule has 0 saturated carbocycles. The van der Waals surface area contributed by atoms with Crippen molar-refractivity contribution in [3.63, 3.8) is 0 Å². The van der Waals surface area contributed by atoms with Crippen LogP contribution in [-0.2, 0) is 20.8 Å². The third kappa shape index (κ3) is 6.51. The van der Waals surface area contributed by atoms with Crippen LogP contribution in [0.15, 0.2) is 18.6 Å². The van der Waals surface area contributed by atoms with Crippen LogP contribution in [0, 0.1) is 0 Å². The van der Waals surface area contributed by atoms with E-state index in [1.54, 1.807) is 7.11 Å². The molecule has 1 unspecified atom stereocenters. The molecule has 140 valence electrons. The number of ether oxygens (including phenoxy) is 3. The number of imidazole rings is 1. The van der Waals surface area contributed by atoms with Gasteiger partial charge in [0, 0.05) is 19.7 Å². The number of carbonyl (C=O) groups is 1. The van der Waals surface area contributed by atoms with Gasteiger partial charge < -0.3 is 24.1 Å². The average molecular weight is 351 g/mol. The highest BCUT2D eigenvalue weighted by Crippen LogP contribution is 2.28. The van der Waals surface area contributed by atoms with E-state index in [1.807, 2.05) is 33.3 Å². The van der Waals surface area contributed by atoms with E-state index < -0.39 is 5.60 Å². The van der Waals surface area contributed by atoms with Gasteiger partial charge in [-0.2, -0.15) is 0 Å². The molecule has 1 atom stereocenters. The van der Waals surface area contributed by atoms with E-state index in [9.17, 15) is 4.79 Å². The van der Waals surface area contributed by atoms with Gasteiger partial charge in [-0.05, 0) is 39.2 Å². The van der Waals surface area contributed by atoms with Gasteiger partial charge in [-0.15, -0.1) is 0 Å². The molecule has 1 amide bonds. The molecule has 0 aliphatic heterocycles. The van der Waals surface area contributed by atoms with Gasteiger partial charge in [-0.3, -0.25) is 0 Å². The van der Waals surface area contributed by atoms with Crippen molar-refractivity contribution in [2.45, 2.75) is 51.8 Å². The minimum Gasteiger partial charge on any atom is -0.444 e. The lowest BCUT2D eigenvalue weighted by molar-refractivity contribution is 0.0507. The Morgan fingerprint density at radius 1 is 1.36 bits per heavy atom. The van der Waals surface area contributed by atoms with Crippen molar-refractivity contribution in [3.05, 3.63) is 24.3 Å². The molecule has 2 rings (SSSR count). The molecule has 1 aliphatic carbocycles. The molecular weight excluding hydrogens is 322 g/mol. The van der Waals surface area contributed by atoms with Crippen molar-refractivity contribution < 1.29 is 19.0 Å². The number of rotatable bonds is 8.